The Morgan fingerprint density at radius 3 is 2.95 bits per heavy atom. The first-order valence-electron chi connectivity index (χ1n) is 6.89. The number of nitrogens with one attached hydrogen (secondary N) is 1. The molecule has 1 N–H and O–H groups in total. The van der Waals surface area contributed by atoms with E-state index < -0.39 is 4.92 Å². The molecule has 0 amide bonds. The largest absolute Gasteiger partial charge is 0.438 e. The fraction of sp³-hybridized carbons (Fsp3) is 0.750. The number of piperazine rings is 1. The summed E-state index contributed by atoms with van der Waals surface area (Å²) < 4.78 is 7.55. The van der Waals surface area contributed by atoms with Gasteiger partial charge in [-0.25, -0.2) is 0 Å². The van der Waals surface area contributed by atoms with E-state index in [1.807, 2.05) is 6.92 Å². The fourth-order valence-electron chi connectivity index (χ4n) is 2.74. The van der Waals surface area contributed by atoms with Gasteiger partial charge >= 0.3 is 11.8 Å². The molecule has 8 nitrogen and oxygen atoms in total. The summed E-state index contributed by atoms with van der Waals surface area (Å²) in [5.74, 6) is -0.149. The first-order chi connectivity index (χ1) is 9.56. The third-order valence-corrected chi connectivity index (χ3v) is 3.92. The van der Waals surface area contributed by atoms with E-state index in [2.05, 4.69) is 15.2 Å². The molecule has 0 bridgehead atoms. The summed E-state index contributed by atoms with van der Waals surface area (Å²) in [4.78, 5) is 16.5. The smallest absolute Gasteiger partial charge is 0.414 e. The number of fused-ring (bicyclic) bond motifs is 1. The average molecular weight is 281 g/mol. The van der Waals surface area contributed by atoms with Crippen LogP contribution >= 0.6 is 0 Å². The van der Waals surface area contributed by atoms with Crippen molar-refractivity contribution in [3.63, 3.8) is 0 Å². The van der Waals surface area contributed by atoms with Gasteiger partial charge in [0.25, 0.3) is 0 Å². The highest BCUT2D eigenvalue weighted by molar-refractivity contribution is 5.23. The van der Waals surface area contributed by atoms with E-state index in [1.54, 1.807) is 4.57 Å². The Bertz CT molecular complexity index is 486. The normalized spacial score (nSPS) is 26.2. The van der Waals surface area contributed by atoms with Gasteiger partial charge in [-0.05, 0) is 11.8 Å². The van der Waals surface area contributed by atoms with Crippen LogP contribution in [0.15, 0.2) is 6.20 Å². The highest BCUT2D eigenvalue weighted by Crippen LogP contribution is 2.32. The van der Waals surface area contributed by atoms with E-state index in [4.69, 9.17) is 4.74 Å². The lowest BCUT2D eigenvalue weighted by Crippen LogP contribution is -2.46. The topological polar surface area (TPSA) is 85.5 Å². The maximum atomic E-state index is 10.7. The molecule has 0 aromatic carbocycles. The number of nitro groups is 1. The highest BCUT2D eigenvalue weighted by atomic mass is 16.6. The SMILES string of the molecule is CC1(CCN2CCNCC2)Cn2cc([N+](=O)[O-])nc2O1. The minimum Gasteiger partial charge on any atom is -0.438 e. The Balaban J connectivity index is 1.58. The number of ether oxygens (including phenoxy) is 1. The molecule has 2 aliphatic heterocycles. The Kier molecular flexibility index (Phi) is 3.35. The Labute approximate surface area is 116 Å². The third kappa shape index (κ3) is 2.61. The molecule has 1 aromatic heterocycles. The number of aromatic nitrogens is 2. The average Bonchev–Trinajstić information content (AvgIpc) is 2.93. The molecule has 1 saturated heterocycles. The van der Waals surface area contributed by atoms with Gasteiger partial charge in [0.05, 0.1) is 6.54 Å². The van der Waals surface area contributed by atoms with Crippen LogP contribution < -0.4 is 10.1 Å². The molecular weight excluding hydrogens is 262 g/mol. The molecule has 1 fully saturated rings. The molecule has 1 atom stereocenters. The minimum absolute atomic E-state index is 0.149. The van der Waals surface area contributed by atoms with Crippen molar-refractivity contribution in [2.24, 2.45) is 0 Å². The maximum Gasteiger partial charge on any atom is 0.414 e. The van der Waals surface area contributed by atoms with Crippen molar-refractivity contribution in [1.82, 2.24) is 19.8 Å². The van der Waals surface area contributed by atoms with Crippen LogP contribution in [0.25, 0.3) is 0 Å². The van der Waals surface area contributed by atoms with Gasteiger partial charge in [0, 0.05) is 44.1 Å². The van der Waals surface area contributed by atoms with Crippen LogP contribution in [0.5, 0.6) is 6.01 Å². The zero-order valence-corrected chi connectivity index (χ0v) is 11.5. The molecule has 3 rings (SSSR count). The first kappa shape index (κ1) is 13.3. The molecule has 0 radical (unpaired) electrons. The van der Waals surface area contributed by atoms with E-state index in [1.165, 1.54) is 6.20 Å². The lowest BCUT2D eigenvalue weighted by Gasteiger charge is -2.30. The van der Waals surface area contributed by atoms with Gasteiger partial charge < -0.3 is 25.1 Å². The summed E-state index contributed by atoms with van der Waals surface area (Å²) in [6.07, 6.45) is 2.34. The second kappa shape index (κ2) is 5.02. The van der Waals surface area contributed by atoms with E-state index in [-0.39, 0.29) is 11.4 Å². The van der Waals surface area contributed by atoms with Crippen LogP contribution in [0, 0.1) is 10.1 Å². The molecule has 1 aromatic rings. The van der Waals surface area contributed by atoms with E-state index in [9.17, 15) is 10.1 Å². The van der Waals surface area contributed by atoms with Crippen molar-refractivity contribution < 1.29 is 9.66 Å². The lowest BCUT2D eigenvalue weighted by molar-refractivity contribution is -0.389. The van der Waals surface area contributed by atoms with Crippen molar-refractivity contribution in [3.05, 3.63) is 16.3 Å². The quantitative estimate of drug-likeness (QED) is 0.628. The van der Waals surface area contributed by atoms with E-state index >= 15 is 0 Å². The van der Waals surface area contributed by atoms with Gasteiger partial charge in [-0.3, -0.25) is 4.57 Å². The van der Waals surface area contributed by atoms with Crippen LogP contribution in [-0.4, -0.2) is 57.7 Å². The predicted molar refractivity (Wildman–Crippen MR) is 71.8 cm³/mol. The molecule has 1 unspecified atom stereocenters. The summed E-state index contributed by atoms with van der Waals surface area (Å²) in [6.45, 7) is 7.82. The van der Waals surface area contributed by atoms with Gasteiger partial charge in [-0.2, -0.15) is 0 Å². The summed E-state index contributed by atoms with van der Waals surface area (Å²) in [6, 6.07) is 0.361. The second-order valence-corrected chi connectivity index (χ2v) is 5.66. The van der Waals surface area contributed by atoms with Crippen LogP contribution in [0.3, 0.4) is 0 Å². The van der Waals surface area contributed by atoms with Crippen LogP contribution in [0.4, 0.5) is 5.82 Å². The van der Waals surface area contributed by atoms with Crippen molar-refractivity contribution in [2.45, 2.75) is 25.5 Å². The summed E-state index contributed by atoms with van der Waals surface area (Å²) in [5, 5.41) is 14.0. The molecule has 0 saturated carbocycles. The first-order valence-corrected chi connectivity index (χ1v) is 6.89. The highest BCUT2D eigenvalue weighted by Gasteiger charge is 2.40. The third-order valence-electron chi connectivity index (χ3n) is 3.92. The number of nitrogens with zero attached hydrogens (tertiary/aromatic N) is 4. The maximum absolute atomic E-state index is 10.7. The second-order valence-electron chi connectivity index (χ2n) is 5.66. The Morgan fingerprint density at radius 2 is 2.30 bits per heavy atom. The van der Waals surface area contributed by atoms with Crippen LogP contribution in [0.1, 0.15) is 13.3 Å². The number of imidazole rings is 1. The summed E-state index contributed by atoms with van der Waals surface area (Å²) >= 11 is 0. The zero-order valence-electron chi connectivity index (χ0n) is 11.5. The summed E-state index contributed by atoms with van der Waals surface area (Å²) in [7, 11) is 0. The summed E-state index contributed by atoms with van der Waals surface area (Å²) in [5.41, 5.74) is -0.317. The van der Waals surface area contributed by atoms with Gasteiger partial charge in [0.15, 0.2) is 0 Å². The molecule has 2 aliphatic rings. The Hall–Kier alpha value is -1.67. The molecule has 110 valence electrons. The minimum atomic E-state index is -0.493. The molecule has 20 heavy (non-hydrogen) atoms. The van der Waals surface area contributed by atoms with Crippen molar-refractivity contribution in [1.29, 1.82) is 0 Å². The van der Waals surface area contributed by atoms with Crippen molar-refractivity contribution in [2.75, 3.05) is 32.7 Å². The number of hydrogen-bond donors (Lipinski definition) is 1. The van der Waals surface area contributed by atoms with E-state index in [0.29, 0.717) is 12.6 Å². The van der Waals surface area contributed by atoms with Gasteiger partial charge in [0.1, 0.15) is 11.8 Å². The lowest BCUT2D eigenvalue weighted by atomic mass is 10.0. The monoisotopic (exact) mass is 281 g/mol. The number of hydrogen-bond acceptors (Lipinski definition) is 6. The van der Waals surface area contributed by atoms with Gasteiger partial charge in [-0.1, -0.05) is 0 Å². The van der Waals surface area contributed by atoms with E-state index in [0.717, 1.165) is 39.1 Å². The predicted octanol–water partition coefficient (Wildman–Crippen LogP) is 0.238. The zero-order chi connectivity index (χ0) is 14.2. The van der Waals surface area contributed by atoms with Crippen LogP contribution in [-0.2, 0) is 6.54 Å². The molecule has 0 aliphatic carbocycles. The molecule has 3 heterocycles. The molecular formula is C12H19N5O3. The van der Waals surface area contributed by atoms with Gasteiger partial charge in [0.2, 0.25) is 0 Å². The molecule has 8 heteroatoms. The van der Waals surface area contributed by atoms with Crippen molar-refractivity contribution >= 4 is 5.82 Å². The van der Waals surface area contributed by atoms with Gasteiger partial charge in [-0.15, -0.1) is 0 Å². The number of rotatable bonds is 4. The Morgan fingerprint density at radius 1 is 1.55 bits per heavy atom. The standard InChI is InChI=1S/C12H19N5O3/c1-12(2-5-15-6-3-13-4-7-15)9-16-8-10(17(18)19)14-11(16)20-12/h8,13H,2-7,9H2,1H3. The molecule has 0 spiro atoms. The van der Waals surface area contributed by atoms with Crippen LogP contribution in [0.2, 0.25) is 0 Å². The van der Waals surface area contributed by atoms with Crippen molar-refractivity contribution in [3.8, 4) is 6.01 Å². The fourth-order valence-corrected chi connectivity index (χ4v) is 2.74.